The lowest BCUT2D eigenvalue weighted by Gasteiger charge is -2.18. The quantitative estimate of drug-likeness (QED) is 0.335. The van der Waals surface area contributed by atoms with E-state index < -0.39 is 12.5 Å². The molecule has 1 heterocycles. The third-order valence-corrected chi connectivity index (χ3v) is 5.97. The Morgan fingerprint density at radius 3 is 2.49 bits per heavy atom. The van der Waals surface area contributed by atoms with E-state index in [-0.39, 0.29) is 12.3 Å². The highest BCUT2D eigenvalue weighted by atomic mass is 35.5. The van der Waals surface area contributed by atoms with Crippen molar-refractivity contribution < 1.29 is 27.8 Å². The summed E-state index contributed by atoms with van der Waals surface area (Å²) in [6, 6.07) is 12.9. The minimum atomic E-state index is -4.76. The van der Waals surface area contributed by atoms with E-state index in [0.717, 1.165) is 11.3 Å². The highest BCUT2D eigenvalue weighted by Gasteiger charge is 2.30. The smallest absolute Gasteiger partial charge is 0.465 e. The van der Waals surface area contributed by atoms with Gasteiger partial charge < -0.3 is 19.7 Å². The van der Waals surface area contributed by atoms with E-state index in [0.29, 0.717) is 41.6 Å². The molecular weight excluding hydrogens is 505 g/mol. The fourth-order valence-electron chi connectivity index (χ4n) is 3.32. The van der Waals surface area contributed by atoms with Crippen LogP contribution >= 0.6 is 22.9 Å². The van der Waals surface area contributed by atoms with Gasteiger partial charge in [0, 0.05) is 42.3 Å². The van der Waals surface area contributed by atoms with E-state index in [1.807, 2.05) is 41.3 Å². The second-order valence-electron chi connectivity index (χ2n) is 7.70. The molecule has 35 heavy (non-hydrogen) atoms. The molecule has 0 aliphatic carbocycles. The van der Waals surface area contributed by atoms with Gasteiger partial charge in [0.15, 0.2) is 4.80 Å². The number of nitrogens with zero attached hydrogens (tertiary/aromatic N) is 3. The minimum Gasteiger partial charge on any atom is -0.465 e. The zero-order valence-corrected chi connectivity index (χ0v) is 20.3. The Labute approximate surface area is 209 Å². The summed E-state index contributed by atoms with van der Waals surface area (Å²) < 4.78 is 43.1. The summed E-state index contributed by atoms with van der Waals surface area (Å²) in [5.41, 5.74) is 2.56. The molecule has 0 unspecified atom stereocenters. The molecule has 2 N–H and O–H groups in total. The molecule has 1 amide bonds. The highest BCUT2D eigenvalue weighted by Crippen LogP contribution is 2.25. The third kappa shape index (κ3) is 8.93. The SMILES string of the molecule is CN(Cc1ccc(Cl)cc1)Cc1cs/c(=N\c2ccc(OC(F)(F)F)cc2)n1CCCNC(=O)O. The van der Waals surface area contributed by atoms with Gasteiger partial charge >= 0.3 is 12.5 Å². The summed E-state index contributed by atoms with van der Waals surface area (Å²) >= 11 is 7.36. The summed E-state index contributed by atoms with van der Waals surface area (Å²) in [6.45, 7) is 2.10. The molecule has 0 fully saturated rings. The predicted molar refractivity (Wildman–Crippen MR) is 128 cm³/mol. The molecule has 3 rings (SSSR count). The summed E-state index contributed by atoms with van der Waals surface area (Å²) in [5, 5.41) is 13.8. The van der Waals surface area contributed by atoms with Gasteiger partial charge in [-0.25, -0.2) is 9.79 Å². The number of thiazole rings is 1. The molecule has 0 bridgehead atoms. The van der Waals surface area contributed by atoms with Gasteiger partial charge in [-0.05, 0) is 55.4 Å². The molecular formula is C23H24ClF3N4O3S. The molecule has 188 valence electrons. The van der Waals surface area contributed by atoms with Gasteiger partial charge in [-0.15, -0.1) is 24.5 Å². The number of rotatable bonds is 10. The zero-order chi connectivity index (χ0) is 25.4. The summed E-state index contributed by atoms with van der Waals surface area (Å²) in [6.07, 6.45) is -5.30. The van der Waals surface area contributed by atoms with Crippen molar-refractivity contribution >= 4 is 34.7 Å². The van der Waals surface area contributed by atoms with Crippen LogP contribution in [0.1, 0.15) is 17.7 Å². The maximum absolute atomic E-state index is 12.4. The van der Waals surface area contributed by atoms with Gasteiger partial charge in [0.2, 0.25) is 0 Å². The number of nitrogens with one attached hydrogen (secondary N) is 1. The molecule has 0 aliphatic heterocycles. The number of carboxylic acid groups (broad SMARTS) is 1. The van der Waals surface area contributed by atoms with E-state index in [1.54, 1.807) is 0 Å². The largest absolute Gasteiger partial charge is 0.573 e. The molecule has 0 aliphatic rings. The standard InChI is InChI=1S/C23H24ClF3N4O3S/c1-30(13-16-3-5-17(24)6-4-16)14-19-15-35-21(31(19)12-2-11-28-22(32)33)29-18-7-9-20(10-8-18)34-23(25,26)27/h3-10,15,28H,2,11-14H2,1H3,(H,32,33)/b29-21-. The van der Waals surface area contributed by atoms with E-state index >= 15 is 0 Å². The van der Waals surface area contributed by atoms with Gasteiger partial charge in [-0.2, -0.15) is 0 Å². The van der Waals surface area contributed by atoms with Crippen LogP contribution in [-0.4, -0.2) is 40.6 Å². The van der Waals surface area contributed by atoms with Crippen molar-refractivity contribution in [2.75, 3.05) is 13.6 Å². The summed E-state index contributed by atoms with van der Waals surface area (Å²) in [5.74, 6) is -0.320. The Bertz CT molecular complexity index is 1180. The number of halogens is 4. The topological polar surface area (TPSA) is 79.1 Å². The molecule has 0 atom stereocenters. The van der Waals surface area contributed by atoms with Crippen LogP contribution in [0.4, 0.5) is 23.7 Å². The number of hydrogen-bond acceptors (Lipinski definition) is 5. The van der Waals surface area contributed by atoms with Gasteiger partial charge in [0.05, 0.1) is 5.69 Å². The number of amides is 1. The summed E-state index contributed by atoms with van der Waals surface area (Å²) in [4.78, 5) is 18.1. The first-order chi connectivity index (χ1) is 16.6. The Kier molecular flexibility index (Phi) is 9.19. The number of alkyl halides is 3. The Morgan fingerprint density at radius 1 is 1.17 bits per heavy atom. The normalized spacial score (nSPS) is 12.2. The molecule has 0 spiro atoms. The molecule has 2 aromatic carbocycles. The van der Waals surface area contributed by atoms with E-state index in [2.05, 4.69) is 19.9 Å². The van der Waals surface area contributed by atoms with Crippen molar-refractivity contribution in [2.24, 2.45) is 4.99 Å². The maximum Gasteiger partial charge on any atom is 0.573 e. The van der Waals surface area contributed by atoms with E-state index in [1.165, 1.54) is 35.6 Å². The van der Waals surface area contributed by atoms with Crippen LogP contribution in [0.5, 0.6) is 5.75 Å². The number of carbonyl (C=O) groups is 1. The molecule has 1 aromatic heterocycles. The first-order valence-electron chi connectivity index (χ1n) is 10.6. The van der Waals surface area contributed by atoms with Crippen LogP contribution in [0.25, 0.3) is 0 Å². The number of hydrogen-bond donors (Lipinski definition) is 2. The number of ether oxygens (including phenoxy) is 1. The van der Waals surface area contributed by atoms with Crippen molar-refractivity contribution in [3.63, 3.8) is 0 Å². The van der Waals surface area contributed by atoms with Crippen molar-refractivity contribution in [3.8, 4) is 5.75 Å². The average molecular weight is 529 g/mol. The maximum atomic E-state index is 12.4. The molecule has 0 radical (unpaired) electrons. The van der Waals surface area contributed by atoms with Crippen LogP contribution in [0.3, 0.4) is 0 Å². The fraction of sp³-hybridized carbons (Fsp3) is 0.304. The van der Waals surface area contributed by atoms with Gasteiger partial charge in [0.25, 0.3) is 0 Å². The monoisotopic (exact) mass is 528 g/mol. The van der Waals surface area contributed by atoms with Crippen LogP contribution < -0.4 is 14.9 Å². The molecule has 0 saturated heterocycles. The lowest BCUT2D eigenvalue weighted by molar-refractivity contribution is -0.274. The zero-order valence-electron chi connectivity index (χ0n) is 18.8. The van der Waals surface area contributed by atoms with Crippen molar-refractivity contribution in [1.29, 1.82) is 0 Å². The lowest BCUT2D eigenvalue weighted by atomic mass is 10.2. The third-order valence-electron chi connectivity index (χ3n) is 4.81. The molecule has 7 nitrogen and oxygen atoms in total. The number of aromatic nitrogens is 1. The van der Waals surface area contributed by atoms with Crippen LogP contribution in [0.15, 0.2) is 58.9 Å². The predicted octanol–water partition coefficient (Wildman–Crippen LogP) is 5.62. The second kappa shape index (κ2) is 12.1. The van der Waals surface area contributed by atoms with E-state index in [4.69, 9.17) is 16.7 Å². The van der Waals surface area contributed by atoms with Crippen LogP contribution in [0.2, 0.25) is 5.02 Å². The van der Waals surface area contributed by atoms with Gasteiger partial charge in [-0.1, -0.05) is 23.7 Å². The first-order valence-corrected chi connectivity index (χ1v) is 11.8. The average Bonchev–Trinajstić information content (AvgIpc) is 3.14. The molecule has 3 aromatic rings. The Hall–Kier alpha value is -3.02. The minimum absolute atomic E-state index is 0.279. The summed E-state index contributed by atoms with van der Waals surface area (Å²) in [7, 11) is 1.98. The first kappa shape index (κ1) is 26.6. The van der Waals surface area contributed by atoms with Gasteiger partial charge in [-0.3, -0.25) is 4.90 Å². The van der Waals surface area contributed by atoms with Crippen LogP contribution in [-0.2, 0) is 19.6 Å². The Morgan fingerprint density at radius 2 is 1.86 bits per heavy atom. The molecule has 12 heteroatoms. The Balaban J connectivity index is 1.79. The molecule has 0 saturated carbocycles. The van der Waals surface area contributed by atoms with Crippen molar-refractivity contribution in [3.05, 3.63) is 75.0 Å². The fourth-order valence-corrected chi connectivity index (χ4v) is 4.38. The van der Waals surface area contributed by atoms with E-state index in [9.17, 15) is 18.0 Å². The second-order valence-corrected chi connectivity index (χ2v) is 8.97. The van der Waals surface area contributed by atoms with Gasteiger partial charge in [0.1, 0.15) is 5.75 Å². The number of benzene rings is 2. The lowest BCUT2D eigenvalue weighted by Crippen LogP contribution is -2.26. The van der Waals surface area contributed by atoms with Crippen LogP contribution in [0, 0.1) is 0 Å². The van der Waals surface area contributed by atoms with Crippen molar-refractivity contribution in [1.82, 2.24) is 14.8 Å². The van der Waals surface area contributed by atoms with Crippen molar-refractivity contribution in [2.45, 2.75) is 32.4 Å². The highest BCUT2D eigenvalue weighted by molar-refractivity contribution is 7.07.